The third-order valence-corrected chi connectivity index (χ3v) is 8.16. The molecule has 0 atom stereocenters. The first-order valence-electron chi connectivity index (χ1n) is 15.1. The van der Waals surface area contributed by atoms with Crippen LogP contribution in [-0.4, -0.2) is 15.0 Å². The van der Waals surface area contributed by atoms with Crippen molar-refractivity contribution in [3.8, 4) is 68.6 Å². The smallest absolute Gasteiger partial charge is 0.164 e. The van der Waals surface area contributed by atoms with Crippen LogP contribution in [0.4, 0.5) is 0 Å². The second-order valence-electron chi connectivity index (χ2n) is 11.1. The highest BCUT2D eigenvalue weighted by Gasteiger charge is 2.18. The van der Waals surface area contributed by atoms with Crippen LogP contribution >= 0.6 is 0 Å². The maximum atomic E-state index is 9.63. The number of furan rings is 1. The van der Waals surface area contributed by atoms with E-state index in [2.05, 4.69) is 24.3 Å². The second kappa shape index (κ2) is 11.6. The Morgan fingerprint density at radius 2 is 0.979 bits per heavy atom. The van der Waals surface area contributed by atoms with Crippen LogP contribution in [-0.2, 0) is 0 Å². The Bertz CT molecular complexity index is 2480. The fourth-order valence-corrected chi connectivity index (χ4v) is 5.86. The lowest BCUT2D eigenvalue weighted by molar-refractivity contribution is 0.670. The van der Waals surface area contributed by atoms with E-state index in [1.807, 2.05) is 115 Å². The molecular formula is C41H23N5O. The zero-order chi connectivity index (χ0) is 31.7. The molecule has 0 bridgehead atoms. The maximum absolute atomic E-state index is 9.63. The van der Waals surface area contributed by atoms with Crippen molar-refractivity contribution in [3.05, 3.63) is 151 Å². The highest BCUT2D eigenvalue weighted by Crippen LogP contribution is 2.41. The van der Waals surface area contributed by atoms with E-state index in [0.717, 1.165) is 49.7 Å². The van der Waals surface area contributed by atoms with Crippen molar-refractivity contribution < 1.29 is 4.42 Å². The van der Waals surface area contributed by atoms with E-state index in [1.54, 1.807) is 12.1 Å². The Labute approximate surface area is 270 Å². The fraction of sp³-hybridized carbons (Fsp3) is 0. The van der Waals surface area contributed by atoms with E-state index in [0.29, 0.717) is 39.8 Å². The quantitative estimate of drug-likeness (QED) is 0.195. The molecular weight excluding hydrogens is 578 g/mol. The Kier molecular flexibility index (Phi) is 6.80. The summed E-state index contributed by atoms with van der Waals surface area (Å²) in [4.78, 5) is 14.6. The van der Waals surface area contributed by atoms with E-state index in [1.165, 1.54) is 0 Å². The number of hydrogen-bond donors (Lipinski definition) is 0. The summed E-state index contributed by atoms with van der Waals surface area (Å²) in [6.07, 6.45) is 0. The normalized spacial score (nSPS) is 10.9. The van der Waals surface area contributed by atoms with Crippen molar-refractivity contribution in [1.82, 2.24) is 15.0 Å². The number of nitrogens with zero attached hydrogens (tertiary/aromatic N) is 5. The van der Waals surface area contributed by atoms with Gasteiger partial charge in [-0.25, -0.2) is 15.0 Å². The zero-order valence-electron chi connectivity index (χ0n) is 24.9. The molecule has 0 aliphatic heterocycles. The summed E-state index contributed by atoms with van der Waals surface area (Å²) < 4.78 is 6.63. The summed E-state index contributed by atoms with van der Waals surface area (Å²) in [5, 5.41) is 21.0. The first-order valence-corrected chi connectivity index (χ1v) is 15.1. The van der Waals surface area contributed by atoms with Crippen LogP contribution < -0.4 is 0 Å². The molecule has 0 aliphatic carbocycles. The van der Waals surface area contributed by atoms with Crippen LogP contribution in [0.2, 0.25) is 0 Å². The summed E-state index contributed by atoms with van der Waals surface area (Å²) in [7, 11) is 0. The molecule has 0 amide bonds. The Morgan fingerprint density at radius 3 is 1.60 bits per heavy atom. The zero-order valence-corrected chi connectivity index (χ0v) is 24.9. The van der Waals surface area contributed by atoms with Gasteiger partial charge in [0.05, 0.1) is 23.3 Å². The molecule has 0 unspecified atom stereocenters. The molecule has 2 heterocycles. The molecule has 0 saturated heterocycles. The summed E-state index contributed by atoms with van der Waals surface area (Å²) in [6.45, 7) is 0. The minimum absolute atomic E-state index is 0.538. The molecule has 6 heteroatoms. The fourth-order valence-electron chi connectivity index (χ4n) is 5.86. The molecule has 0 radical (unpaired) electrons. The van der Waals surface area contributed by atoms with Crippen molar-refractivity contribution in [3.63, 3.8) is 0 Å². The van der Waals surface area contributed by atoms with Crippen molar-refractivity contribution in [2.75, 3.05) is 0 Å². The van der Waals surface area contributed by atoms with Crippen molar-refractivity contribution in [2.24, 2.45) is 0 Å². The van der Waals surface area contributed by atoms with Crippen LogP contribution in [0.5, 0.6) is 0 Å². The SMILES string of the molecule is N#Cc1cccc(-c2cc(-c3cccc(C#N)c3)c3oc4cc(-c5nc(-c6ccccc6)nc(-c6ccccc6)n5)ccc4c3c2)c1. The average Bonchev–Trinajstić information content (AvgIpc) is 3.53. The maximum Gasteiger partial charge on any atom is 0.164 e. The van der Waals surface area contributed by atoms with E-state index in [-0.39, 0.29) is 0 Å². The number of benzene rings is 6. The van der Waals surface area contributed by atoms with Gasteiger partial charge < -0.3 is 4.42 Å². The van der Waals surface area contributed by atoms with Crippen molar-refractivity contribution in [1.29, 1.82) is 10.5 Å². The topological polar surface area (TPSA) is 99.4 Å². The standard InChI is InChI=1S/C41H23N5O/c42-24-26-9-7-15-30(19-26)33-21-35(31-16-8-10-27(20-31)25-43)38-36(22-33)34-18-17-32(23-37(34)47-38)41-45-39(28-11-3-1-4-12-28)44-40(46-41)29-13-5-2-6-14-29/h1-23H. The molecule has 2 aromatic heterocycles. The second-order valence-corrected chi connectivity index (χ2v) is 11.1. The first-order chi connectivity index (χ1) is 23.2. The van der Waals surface area contributed by atoms with Crippen LogP contribution in [0.1, 0.15) is 11.1 Å². The van der Waals surface area contributed by atoms with Crippen LogP contribution in [0.15, 0.2) is 144 Å². The lowest BCUT2D eigenvalue weighted by Gasteiger charge is -2.09. The van der Waals surface area contributed by atoms with Gasteiger partial charge in [0.25, 0.3) is 0 Å². The highest BCUT2D eigenvalue weighted by molar-refractivity contribution is 6.12. The minimum atomic E-state index is 0.538. The lowest BCUT2D eigenvalue weighted by atomic mass is 9.94. The lowest BCUT2D eigenvalue weighted by Crippen LogP contribution is -2.00. The van der Waals surface area contributed by atoms with Crippen LogP contribution in [0.25, 0.3) is 78.4 Å². The molecule has 0 N–H and O–H groups in total. The number of aromatic nitrogens is 3. The Balaban J connectivity index is 1.34. The molecule has 0 aliphatic rings. The first kappa shape index (κ1) is 27.6. The van der Waals surface area contributed by atoms with Gasteiger partial charge in [-0.15, -0.1) is 0 Å². The van der Waals surface area contributed by atoms with Crippen molar-refractivity contribution in [2.45, 2.75) is 0 Å². The number of fused-ring (bicyclic) bond motifs is 3. The van der Waals surface area contributed by atoms with Gasteiger partial charge in [-0.3, -0.25) is 0 Å². The van der Waals surface area contributed by atoms with Gasteiger partial charge in [0.1, 0.15) is 11.2 Å². The summed E-state index contributed by atoms with van der Waals surface area (Å²) in [5.74, 6) is 1.71. The third kappa shape index (κ3) is 5.17. The summed E-state index contributed by atoms with van der Waals surface area (Å²) in [6, 6.07) is 49.5. The third-order valence-electron chi connectivity index (χ3n) is 8.16. The van der Waals surface area contributed by atoms with E-state index in [4.69, 9.17) is 19.4 Å². The van der Waals surface area contributed by atoms with Gasteiger partial charge in [0, 0.05) is 33.0 Å². The van der Waals surface area contributed by atoms with Gasteiger partial charge in [-0.1, -0.05) is 91.0 Å². The van der Waals surface area contributed by atoms with E-state index in [9.17, 15) is 10.5 Å². The molecule has 0 spiro atoms. The van der Waals surface area contributed by atoms with Crippen molar-refractivity contribution >= 4 is 21.9 Å². The number of nitriles is 2. The average molecular weight is 602 g/mol. The molecule has 8 rings (SSSR count). The van der Waals surface area contributed by atoms with Gasteiger partial charge in [0.15, 0.2) is 17.5 Å². The molecule has 0 fully saturated rings. The molecule has 6 nitrogen and oxygen atoms in total. The summed E-state index contributed by atoms with van der Waals surface area (Å²) in [5.41, 5.74) is 8.70. The van der Waals surface area contributed by atoms with Gasteiger partial charge in [-0.05, 0) is 65.2 Å². The Hall–Kier alpha value is -6.89. The highest BCUT2D eigenvalue weighted by atomic mass is 16.3. The van der Waals surface area contributed by atoms with Crippen LogP contribution in [0, 0.1) is 22.7 Å². The van der Waals surface area contributed by atoms with Crippen LogP contribution in [0.3, 0.4) is 0 Å². The predicted octanol–water partition coefficient (Wildman–Crippen LogP) is 9.85. The van der Waals surface area contributed by atoms with Gasteiger partial charge in [0.2, 0.25) is 0 Å². The minimum Gasteiger partial charge on any atom is -0.455 e. The van der Waals surface area contributed by atoms with Gasteiger partial charge >= 0.3 is 0 Å². The largest absolute Gasteiger partial charge is 0.455 e. The van der Waals surface area contributed by atoms with E-state index < -0.39 is 0 Å². The van der Waals surface area contributed by atoms with Gasteiger partial charge in [-0.2, -0.15) is 10.5 Å². The summed E-state index contributed by atoms with van der Waals surface area (Å²) >= 11 is 0. The Morgan fingerprint density at radius 1 is 0.426 bits per heavy atom. The molecule has 218 valence electrons. The predicted molar refractivity (Wildman–Crippen MR) is 184 cm³/mol. The number of rotatable bonds is 5. The molecule has 6 aromatic carbocycles. The molecule has 47 heavy (non-hydrogen) atoms. The monoisotopic (exact) mass is 601 g/mol. The molecule has 8 aromatic rings. The van der Waals surface area contributed by atoms with E-state index >= 15 is 0 Å². The molecule has 0 saturated carbocycles. The number of hydrogen-bond acceptors (Lipinski definition) is 6.